The summed E-state index contributed by atoms with van der Waals surface area (Å²) in [5, 5.41) is 2.04. The molecule has 0 amide bonds. The third-order valence-electron chi connectivity index (χ3n) is 9.14. The number of fused-ring (bicyclic) bond motifs is 1. The van der Waals surface area contributed by atoms with Crippen LogP contribution in [0.3, 0.4) is 0 Å². The zero-order chi connectivity index (χ0) is 32.6. The fraction of sp³-hybridized carbons (Fsp3) is 0. The maximum absolute atomic E-state index is 6.81. The number of benzene rings is 8. The van der Waals surface area contributed by atoms with E-state index in [9.17, 15) is 0 Å². The molecule has 0 atom stereocenters. The molecule has 1 heterocycles. The molecule has 0 fully saturated rings. The Bertz CT molecular complexity index is 2410. The first-order chi connectivity index (χ1) is 24.3. The summed E-state index contributed by atoms with van der Waals surface area (Å²) in [5.41, 5.74) is 9.97. The van der Waals surface area contributed by atoms with Crippen molar-refractivity contribution in [2.75, 3.05) is 4.90 Å². The van der Waals surface area contributed by atoms with Crippen LogP contribution in [0.15, 0.2) is 188 Å². The second-order valence-electron chi connectivity index (χ2n) is 12.1. The predicted octanol–water partition coefficient (Wildman–Crippen LogP) is 13.2. The highest BCUT2D eigenvalue weighted by Gasteiger charge is 2.25. The lowest BCUT2D eigenvalue weighted by Gasteiger charge is -2.28. The van der Waals surface area contributed by atoms with Gasteiger partial charge in [-0.05, 0) is 87.3 Å². The highest BCUT2D eigenvalue weighted by atomic mass is 16.5. The Morgan fingerprint density at radius 1 is 0.327 bits per heavy atom. The summed E-state index contributed by atoms with van der Waals surface area (Å²) in [5.74, 6) is 2.88. The molecule has 0 N–H and O–H groups in total. The second kappa shape index (κ2) is 12.2. The van der Waals surface area contributed by atoms with E-state index in [2.05, 4.69) is 150 Å². The van der Waals surface area contributed by atoms with Crippen LogP contribution in [0.25, 0.3) is 44.2 Å². The summed E-state index contributed by atoms with van der Waals surface area (Å²) < 4.78 is 13.4. The molecule has 49 heavy (non-hydrogen) atoms. The van der Waals surface area contributed by atoms with Crippen molar-refractivity contribution < 1.29 is 9.47 Å². The van der Waals surface area contributed by atoms with Gasteiger partial charge in [0.05, 0.1) is 11.1 Å². The first-order valence-electron chi connectivity index (χ1n) is 16.5. The van der Waals surface area contributed by atoms with Crippen molar-refractivity contribution in [3.8, 4) is 56.4 Å². The van der Waals surface area contributed by atoms with Gasteiger partial charge >= 0.3 is 0 Å². The van der Waals surface area contributed by atoms with E-state index < -0.39 is 0 Å². The van der Waals surface area contributed by atoms with Gasteiger partial charge in [-0.3, -0.25) is 0 Å². The van der Waals surface area contributed by atoms with Gasteiger partial charge < -0.3 is 14.4 Å². The Kier molecular flexibility index (Phi) is 7.14. The third-order valence-corrected chi connectivity index (χ3v) is 9.14. The molecule has 3 heteroatoms. The maximum Gasteiger partial charge on any atom is 0.193 e. The average Bonchev–Trinajstić information content (AvgIpc) is 3.34. The van der Waals surface area contributed by atoms with Crippen molar-refractivity contribution in [2.24, 2.45) is 0 Å². The molecule has 0 unspecified atom stereocenters. The topological polar surface area (TPSA) is 21.7 Å². The standard InChI is InChI=1S/C46H31NO2/c1-3-12-32(13-4-1)33-24-28-37(29-25-33)47(38-30-26-35(27-31-38)40-19-8-7-18-39(40)34-14-5-2-6-15-34)41-20-11-23-44-46(41)49-43-22-10-17-36-16-9-21-42(48-44)45(36)43/h1-31H. The number of hydrogen-bond donors (Lipinski definition) is 0. The van der Waals surface area contributed by atoms with Gasteiger partial charge in [-0.1, -0.05) is 140 Å². The van der Waals surface area contributed by atoms with E-state index in [0.717, 1.165) is 50.5 Å². The Balaban J connectivity index is 1.18. The molecule has 0 saturated carbocycles. The number of anilines is 3. The first-order valence-corrected chi connectivity index (χ1v) is 16.5. The minimum absolute atomic E-state index is 0.664. The van der Waals surface area contributed by atoms with Crippen molar-refractivity contribution in [1.82, 2.24) is 0 Å². The largest absolute Gasteiger partial charge is 0.453 e. The van der Waals surface area contributed by atoms with Crippen molar-refractivity contribution in [3.05, 3.63) is 188 Å². The zero-order valence-electron chi connectivity index (χ0n) is 26.7. The molecule has 8 aromatic carbocycles. The zero-order valence-corrected chi connectivity index (χ0v) is 26.7. The lowest BCUT2D eigenvalue weighted by Crippen LogP contribution is -2.11. The monoisotopic (exact) mass is 629 g/mol. The molecular formula is C46H31NO2. The fourth-order valence-electron chi connectivity index (χ4n) is 6.79. The summed E-state index contributed by atoms with van der Waals surface area (Å²) in [7, 11) is 0. The molecule has 8 aromatic rings. The average molecular weight is 630 g/mol. The Hall–Kier alpha value is -6.58. The normalized spacial score (nSPS) is 11.6. The van der Waals surface area contributed by atoms with Crippen molar-refractivity contribution in [3.63, 3.8) is 0 Å². The van der Waals surface area contributed by atoms with Gasteiger partial charge in [-0.2, -0.15) is 0 Å². The number of para-hydroxylation sites is 1. The van der Waals surface area contributed by atoms with Gasteiger partial charge in [0.2, 0.25) is 0 Å². The highest BCUT2D eigenvalue weighted by Crippen LogP contribution is 2.52. The van der Waals surface area contributed by atoms with Crippen LogP contribution in [0.4, 0.5) is 17.1 Å². The molecule has 0 aromatic heterocycles. The van der Waals surface area contributed by atoms with Gasteiger partial charge in [-0.25, -0.2) is 0 Å². The molecule has 3 nitrogen and oxygen atoms in total. The highest BCUT2D eigenvalue weighted by molar-refractivity contribution is 5.96. The van der Waals surface area contributed by atoms with E-state index in [-0.39, 0.29) is 0 Å². The van der Waals surface area contributed by atoms with Gasteiger partial charge in [0, 0.05) is 11.4 Å². The van der Waals surface area contributed by atoms with Crippen LogP contribution in [0.5, 0.6) is 23.0 Å². The Morgan fingerprint density at radius 2 is 0.796 bits per heavy atom. The summed E-state index contributed by atoms with van der Waals surface area (Å²) >= 11 is 0. The molecule has 232 valence electrons. The van der Waals surface area contributed by atoms with Crippen molar-refractivity contribution in [1.29, 1.82) is 0 Å². The number of ether oxygens (including phenoxy) is 2. The summed E-state index contributed by atoms with van der Waals surface area (Å²) in [6, 6.07) is 65.4. The molecule has 1 aliphatic rings. The molecule has 0 saturated heterocycles. The minimum atomic E-state index is 0.664. The summed E-state index contributed by atoms with van der Waals surface area (Å²) in [6.07, 6.45) is 0. The van der Waals surface area contributed by atoms with Gasteiger partial charge in [0.25, 0.3) is 0 Å². The molecular weight excluding hydrogens is 599 g/mol. The van der Waals surface area contributed by atoms with E-state index in [1.54, 1.807) is 0 Å². The minimum Gasteiger partial charge on any atom is -0.453 e. The van der Waals surface area contributed by atoms with Crippen LogP contribution in [-0.2, 0) is 0 Å². The Labute approximate surface area is 285 Å². The van der Waals surface area contributed by atoms with E-state index in [0.29, 0.717) is 11.5 Å². The molecule has 0 aliphatic carbocycles. The van der Waals surface area contributed by atoms with Crippen LogP contribution >= 0.6 is 0 Å². The quantitative estimate of drug-likeness (QED) is 0.183. The second-order valence-corrected chi connectivity index (χ2v) is 12.1. The predicted molar refractivity (Wildman–Crippen MR) is 202 cm³/mol. The van der Waals surface area contributed by atoms with Crippen molar-refractivity contribution >= 4 is 27.8 Å². The Morgan fingerprint density at radius 3 is 1.43 bits per heavy atom. The van der Waals surface area contributed by atoms with Crippen LogP contribution in [-0.4, -0.2) is 0 Å². The first kappa shape index (κ1) is 28.6. The molecule has 9 rings (SSSR count). The molecule has 0 spiro atoms. The van der Waals surface area contributed by atoms with Crippen LogP contribution < -0.4 is 14.4 Å². The summed E-state index contributed by atoms with van der Waals surface area (Å²) in [4.78, 5) is 2.25. The van der Waals surface area contributed by atoms with E-state index >= 15 is 0 Å². The van der Waals surface area contributed by atoms with E-state index in [1.165, 1.54) is 22.3 Å². The van der Waals surface area contributed by atoms with E-state index in [1.807, 2.05) is 42.5 Å². The smallest absolute Gasteiger partial charge is 0.193 e. The third kappa shape index (κ3) is 5.28. The number of hydrogen-bond acceptors (Lipinski definition) is 3. The SMILES string of the molecule is c1ccc(-c2ccc(N(c3ccc(-c4ccccc4-c4ccccc4)cc3)c3cccc4c3Oc3cccc5cccc(c35)O4)cc2)cc1. The lowest BCUT2D eigenvalue weighted by atomic mass is 9.94. The lowest BCUT2D eigenvalue weighted by molar-refractivity contribution is 0.440. The van der Waals surface area contributed by atoms with Crippen molar-refractivity contribution in [2.45, 2.75) is 0 Å². The van der Waals surface area contributed by atoms with Gasteiger partial charge in [-0.15, -0.1) is 0 Å². The fourth-order valence-corrected chi connectivity index (χ4v) is 6.79. The number of nitrogens with zero attached hydrogens (tertiary/aromatic N) is 1. The van der Waals surface area contributed by atoms with Gasteiger partial charge in [0.15, 0.2) is 11.5 Å². The van der Waals surface area contributed by atoms with E-state index in [4.69, 9.17) is 9.47 Å². The molecule has 0 bridgehead atoms. The van der Waals surface area contributed by atoms with Crippen LogP contribution in [0, 0.1) is 0 Å². The maximum atomic E-state index is 6.81. The van der Waals surface area contributed by atoms with Crippen LogP contribution in [0.1, 0.15) is 0 Å². The molecule has 1 aliphatic heterocycles. The summed E-state index contributed by atoms with van der Waals surface area (Å²) in [6.45, 7) is 0. The number of rotatable bonds is 6. The van der Waals surface area contributed by atoms with Crippen LogP contribution in [0.2, 0.25) is 0 Å². The molecule has 0 radical (unpaired) electrons. The van der Waals surface area contributed by atoms with Gasteiger partial charge in [0.1, 0.15) is 11.5 Å².